The molecule has 0 spiro atoms. The van der Waals surface area contributed by atoms with Crippen molar-refractivity contribution in [2.75, 3.05) is 11.9 Å². The molecule has 130 valence electrons. The van der Waals surface area contributed by atoms with Gasteiger partial charge in [-0.25, -0.2) is 9.78 Å². The molecule has 1 aliphatic rings. The van der Waals surface area contributed by atoms with Gasteiger partial charge >= 0.3 is 6.09 Å². The molecule has 0 unspecified atom stereocenters. The van der Waals surface area contributed by atoms with Gasteiger partial charge in [-0.3, -0.25) is 4.79 Å². The summed E-state index contributed by atoms with van der Waals surface area (Å²) in [6.45, 7) is 9.55. The summed E-state index contributed by atoms with van der Waals surface area (Å²) in [4.78, 5) is 31.2. The lowest BCUT2D eigenvalue weighted by Crippen LogP contribution is -2.39. The van der Waals surface area contributed by atoms with E-state index >= 15 is 0 Å². The van der Waals surface area contributed by atoms with E-state index in [-0.39, 0.29) is 12.0 Å². The van der Waals surface area contributed by atoms with Crippen LogP contribution in [0.5, 0.6) is 0 Å². The number of nitriles is 1. The van der Waals surface area contributed by atoms with Gasteiger partial charge in [-0.15, -0.1) is 0 Å². The minimum absolute atomic E-state index is 0.349. The Morgan fingerprint density at radius 3 is 2.58 bits per heavy atom. The highest BCUT2D eigenvalue weighted by Gasteiger charge is 2.30. The van der Waals surface area contributed by atoms with E-state index in [2.05, 4.69) is 10.3 Å². The van der Waals surface area contributed by atoms with Crippen molar-refractivity contribution >= 4 is 28.5 Å². The molecule has 1 aromatic heterocycles. The van der Waals surface area contributed by atoms with Crippen LogP contribution < -0.4 is 5.32 Å². The Morgan fingerprint density at radius 2 is 2.00 bits per heavy atom. The summed E-state index contributed by atoms with van der Waals surface area (Å²) in [7, 11) is 0. The van der Waals surface area contributed by atoms with Gasteiger partial charge in [0.2, 0.25) is 5.91 Å². The second kappa shape index (κ2) is 6.40. The number of anilines is 1. The average molecular weight is 350 g/mol. The van der Waals surface area contributed by atoms with E-state index in [1.807, 2.05) is 26.8 Å². The number of nitrogens with one attached hydrogen (secondary N) is 1. The van der Waals surface area contributed by atoms with Crippen LogP contribution >= 0.6 is 11.3 Å². The predicted molar refractivity (Wildman–Crippen MR) is 90.5 cm³/mol. The van der Waals surface area contributed by atoms with Gasteiger partial charge in [0.25, 0.3) is 0 Å². The van der Waals surface area contributed by atoms with Crippen molar-refractivity contribution in [3.05, 3.63) is 10.6 Å². The number of aromatic nitrogens is 1. The molecule has 0 bridgehead atoms. The van der Waals surface area contributed by atoms with E-state index in [1.165, 1.54) is 11.3 Å². The fourth-order valence-electron chi connectivity index (χ4n) is 2.04. The van der Waals surface area contributed by atoms with Crippen LogP contribution in [0, 0.1) is 16.7 Å². The molecular formula is C16H22N4O3S. The van der Waals surface area contributed by atoms with Crippen molar-refractivity contribution in [1.82, 2.24) is 9.88 Å². The molecule has 1 aromatic rings. The topological polar surface area (TPSA) is 95.3 Å². The minimum Gasteiger partial charge on any atom is -0.444 e. The quantitative estimate of drug-likeness (QED) is 0.885. The van der Waals surface area contributed by atoms with Crippen LogP contribution in [-0.2, 0) is 22.5 Å². The number of hydrogen-bond donors (Lipinski definition) is 1. The number of carbonyl (C=O) groups is 2. The lowest BCUT2D eigenvalue weighted by Gasteiger charge is -2.29. The van der Waals surface area contributed by atoms with Gasteiger partial charge in [0, 0.05) is 17.8 Å². The maximum Gasteiger partial charge on any atom is 0.410 e. The monoisotopic (exact) mass is 350 g/mol. The zero-order valence-corrected chi connectivity index (χ0v) is 15.4. The Labute approximate surface area is 145 Å². The smallest absolute Gasteiger partial charge is 0.410 e. The number of hydrogen-bond acceptors (Lipinski definition) is 6. The molecule has 1 N–H and O–H groups in total. The van der Waals surface area contributed by atoms with Gasteiger partial charge in [0.15, 0.2) is 5.13 Å². The van der Waals surface area contributed by atoms with Crippen LogP contribution in [0.15, 0.2) is 0 Å². The molecule has 2 rings (SSSR count). The Bertz CT molecular complexity index is 697. The molecule has 0 aliphatic carbocycles. The molecule has 0 aromatic carbocycles. The first-order valence-electron chi connectivity index (χ1n) is 7.71. The van der Waals surface area contributed by atoms with E-state index in [0.29, 0.717) is 24.6 Å². The van der Waals surface area contributed by atoms with E-state index in [0.717, 1.165) is 10.6 Å². The third-order valence-corrected chi connectivity index (χ3v) is 4.45. The van der Waals surface area contributed by atoms with Crippen LogP contribution in [0.25, 0.3) is 0 Å². The molecule has 0 radical (unpaired) electrons. The third-order valence-electron chi connectivity index (χ3n) is 3.45. The van der Waals surface area contributed by atoms with Gasteiger partial charge in [-0.05, 0) is 34.6 Å². The molecule has 7 nitrogen and oxygen atoms in total. The molecular weight excluding hydrogens is 328 g/mol. The number of nitrogens with zero attached hydrogens (tertiary/aromatic N) is 3. The van der Waals surface area contributed by atoms with Crippen LogP contribution in [0.3, 0.4) is 0 Å². The number of carbonyl (C=O) groups excluding carboxylic acids is 2. The number of fused-ring (bicyclic) bond motifs is 1. The second-order valence-corrected chi connectivity index (χ2v) is 8.32. The van der Waals surface area contributed by atoms with E-state index in [9.17, 15) is 9.59 Å². The summed E-state index contributed by atoms with van der Waals surface area (Å²) in [5.74, 6) is -0.389. The standard InChI is InChI=1S/C16H22N4O3S/c1-15(2,3)23-14(22)20-7-6-10-11(8-20)24-13(18-10)19-12(21)16(4,5)9-17/h6-8H2,1-5H3,(H,18,19,21). The maximum atomic E-state index is 12.2. The van der Waals surface area contributed by atoms with Crippen molar-refractivity contribution in [3.63, 3.8) is 0 Å². The molecule has 0 atom stereocenters. The molecule has 0 fully saturated rings. The normalized spacial score (nSPS) is 14.6. The van der Waals surface area contributed by atoms with E-state index in [4.69, 9.17) is 10.00 Å². The highest BCUT2D eigenvalue weighted by molar-refractivity contribution is 7.15. The van der Waals surface area contributed by atoms with Crippen LogP contribution in [-0.4, -0.2) is 34.0 Å². The van der Waals surface area contributed by atoms with Crippen molar-refractivity contribution in [1.29, 1.82) is 5.26 Å². The highest BCUT2D eigenvalue weighted by atomic mass is 32.1. The Morgan fingerprint density at radius 1 is 1.33 bits per heavy atom. The van der Waals surface area contributed by atoms with Crippen molar-refractivity contribution in [3.8, 4) is 6.07 Å². The first kappa shape index (κ1) is 18.2. The van der Waals surface area contributed by atoms with Gasteiger partial charge in [0.05, 0.1) is 18.3 Å². The average Bonchev–Trinajstić information content (AvgIpc) is 2.86. The highest BCUT2D eigenvalue weighted by Crippen LogP contribution is 2.30. The molecule has 2 heterocycles. The lowest BCUT2D eigenvalue weighted by molar-refractivity contribution is -0.121. The molecule has 1 aliphatic heterocycles. The van der Waals surface area contributed by atoms with E-state index in [1.54, 1.807) is 18.7 Å². The number of thiazole rings is 1. The Hall–Kier alpha value is -2.14. The SMILES string of the molecule is CC(C)(C)OC(=O)N1CCc2nc(NC(=O)C(C)(C)C#N)sc2C1. The van der Waals surface area contributed by atoms with Gasteiger partial charge in [0.1, 0.15) is 11.0 Å². The van der Waals surface area contributed by atoms with Crippen LogP contribution in [0.2, 0.25) is 0 Å². The van der Waals surface area contributed by atoms with Crippen molar-refractivity contribution in [2.24, 2.45) is 5.41 Å². The first-order chi connectivity index (χ1) is 11.0. The molecule has 0 saturated carbocycles. The fourth-order valence-corrected chi connectivity index (χ4v) is 3.05. The van der Waals surface area contributed by atoms with Crippen LogP contribution in [0.1, 0.15) is 45.2 Å². The Kier molecular flexibility index (Phi) is 4.85. The molecule has 0 saturated heterocycles. The van der Waals surface area contributed by atoms with E-state index < -0.39 is 11.0 Å². The second-order valence-electron chi connectivity index (χ2n) is 7.23. The minimum atomic E-state index is -1.12. The van der Waals surface area contributed by atoms with Crippen molar-refractivity contribution in [2.45, 2.75) is 53.2 Å². The van der Waals surface area contributed by atoms with Gasteiger partial charge in [-0.2, -0.15) is 5.26 Å². The summed E-state index contributed by atoms with van der Waals surface area (Å²) < 4.78 is 5.39. The summed E-state index contributed by atoms with van der Waals surface area (Å²) >= 11 is 1.33. The number of ether oxygens (including phenoxy) is 1. The fraction of sp³-hybridized carbons (Fsp3) is 0.625. The van der Waals surface area contributed by atoms with Gasteiger partial charge < -0.3 is 15.0 Å². The number of rotatable bonds is 2. The number of amides is 2. The Balaban J connectivity index is 2.06. The summed E-state index contributed by atoms with van der Waals surface area (Å²) in [5, 5.41) is 12.1. The molecule has 8 heteroatoms. The third kappa shape index (κ3) is 4.23. The summed E-state index contributed by atoms with van der Waals surface area (Å²) in [5.41, 5.74) is -0.771. The zero-order chi connectivity index (χ0) is 18.1. The largest absolute Gasteiger partial charge is 0.444 e. The summed E-state index contributed by atoms with van der Waals surface area (Å²) in [6, 6.07) is 1.96. The predicted octanol–water partition coefficient (Wildman–Crippen LogP) is 2.92. The van der Waals surface area contributed by atoms with Gasteiger partial charge in [-0.1, -0.05) is 11.3 Å². The van der Waals surface area contributed by atoms with Crippen molar-refractivity contribution < 1.29 is 14.3 Å². The lowest BCUT2D eigenvalue weighted by atomic mass is 9.95. The zero-order valence-electron chi connectivity index (χ0n) is 14.6. The molecule has 2 amide bonds. The summed E-state index contributed by atoms with van der Waals surface area (Å²) in [6.07, 6.45) is 0.264. The van der Waals surface area contributed by atoms with Crippen LogP contribution in [0.4, 0.5) is 9.93 Å². The molecule has 24 heavy (non-hydrogen) atoms. The maximum absolute atomic E-state index is 12.2. The first-order valence-corrected chi connectivity index (χ1v) is 8.53.